The molecule has 0 heterocycles. The van der Waals surface area contributed by atoms with Crippen molar-refractivity contribution in [1.29, 1.82) is 0 Å². The van der Waals surface area contributed by atoms with Gasteiger partial charge in [0.25, 0.3) is 0 Å². The van der Waals surface area contributed by atoms with Crippen molar-refractivity contribution in [3.63, 3.8) is 0 Å². The predicted molar refractivity (Wildman–Crippen MR) is 223 cm³/mol. The summed E-state index contributed by atoms with van der Waals surface area (Å²) in [5.41, 5.74) is 1.74. The third-order valence-corrected chi connectivity index (χ3v) is 10.4. The van der Waals surface area contributed by atoms with Crippen molar-refractivity contribution >= 4 is 78.6 Å². The van der Waals surface area contributed by atoms with E-state index in [1.807, 2.05) is 72.8 Å². The molecule has 0 saturated heterocycles. The summed E-state index contributed by atoms with van der Waals surface area (Å²) in [6.07, 6.45) is 11.5. The number of ether oxygens (including phenoxy) is 4. The molecule has 0 spiro atoms. The predicted octanol–water partition coefficient (Wildman–Crippen LogP) is 15.0. The number of carbonyl (C=O) groups is 2. The molecular weight excluding hydrogens is 719 g/mol. The zero-order chi connectivity index (χ0) is 37.9. The highest BCUT2D eigenvalue weighted by atomic mass is 35.5. The second kappa shape index (κ2) is 19.2. The Morgan fingerprint density at radius 3 is 1.20 bits per heavy atom. The van der Waals surface area contributed by atoms with Gasteiger partial charge in [0.15, 0.2) is 0 Å². The minimum absolute atomic E-state index is 0.296. The lowest BCUT2D eigenvalue weighted by Gasteiger charge is -2.21. The van der Waals surface area contributed by atoms with Crippen LogP contribution in [0.4, 0.5) is 9.59 Å². The van der Waals surface area contributed by atoms with E-state index in [4.69, 9.17) is 42.1 Å². The highest BCUT2D eigenvalue weighted by molar-refractivity contribution is 6.34. The van der Waals surface area contributed by atoms with Gasteiger partial charge in [-0.1, -0.05) is 150 Å². The summed E-state index contributed by atoms with van der Waals surface area (Å²) in [7, 11) is 0. The Hall–Kier alpha value is -4.52. The fourth-order valence-electron chi connectivity index (χ4n) is 7.28. The molecule has 0 aliphatic carbocycles. The molecule has 8 heteroatoms. The van der Waals surface area contributed by atoms with Crippen LogP contribution in [-0.2, 0) is 9.47 Å². The Kier molecular flexibility index (Phi) is 13.9. The summed E-state index contributed by atoms with van der Waals surface area (Å²) in [4.78, 5) is 26.3. The zero-order valence-electron chi connectivity index (χ0n) is 31.2. The molecule has 0 saturated carbocycles. The van der Waals surface area contributed by atoms with E-state index < -0.39 is 12.3 Å². The number of fused-ring (bicyclic) bond motifs is 4. The van der Waals surface area contributed by atoms with Gasteiger partial charge in [0.2, 0.25) is 0 Å². The van der Waals surface area contributed by atoms with Gasteiger partial charge in [0.1, 0.15) is 11.5 Å². The number of hydrogen-bond donors (Lipinski definition) is 0. The third kappa shape index (κ3) is 9.22. The van der Waals surface area contributed by atoms with Crippen molar-refractivity contribution in [2.75, 3.05) is 13.2 Å². The standard InChI is InChI=1S/C46H48Cl2O6/c1-3-5-7-9-11-17-27-51-45(49)53-43-35-21-15-13-19-33(35)41(39-29-31(47)23-25-37(39)43)42-34-20-14-16-22-36(34)44(38-26-24-32(48)30-40(38)42)54-46(50)52-28-18-12-10-8-6-4-2/h13-16,19-26,29-30H,3-12,17-18,27-28H2,1-2H3. The highest BCUT2D eigenvalue weighted by Crippen LogP contribution is 2.50. The number of halogens is 2. The number of unbranched alkanes of at least 4 members (excludes halogenated alkanes) is 10. The largest absolute Gasteiger partial charge is 0.513 e. The van der Waals surface area contributed by atoms with Gasteiger partial charge in [0.05, 0.1) is 13.2 Å². The number of hydrogen-bond acceptors (Lipinski definition) is 6. The van der Waals surface area contributed by atoms with Crippen LogP contribution in [0.15, 0.2) is 84.9 Å². The maximum Gasteiger partial charge on any atom is 0.513 e. The molecule has 6 rings (SSSR count). The lowest BCUT2D eigenvalue weighted by Crippen LogP contribution is -2.12. The maximum absolute atomic E-state index is 13.2. The maximum atomic E-state index is 13.2. The Labute approximate surface area is 327 Å². The molecule has 282 valence electrons. The Bertz CT molecular complexity index is 2090. The smallest absolute Gasteiger partial charge is 0.434 e. The van der Waals surface area contributed by atoms with Crippen molar-refractivity contribution in [2.24, 2.45) is 0 Å². The van der Waals surface area contributed by atoms with Gasteiger partial charge >= 0.3 is 12.3 Å². The molecule has 0 unspecified atom stereocenters. The van der Waals surface area contributed by atoms with Gasteiger partial charge in [-0.2, -0.15) is 0 Å². The van der Waals surface area contributed by atoms with Crippen LogP contribution >= 0.6 is 23.2 Å². The molecule has 0 bridgehead atoms. The first-order valence-corrected chi connectivity index (χ1v) is 20.1. The van der Waals surface area contributed by atoms with E-state index in [-0.39, 0.29) is 0 Å². The first kappa shape index (κ1) is 39.2. The normalized spacial score (nSPS) is 11.4. The molecular formula is C46H48Cl2O6. The SMILES string of the molecule is CCCCCCCCOC(=O)Oc1c2ccccc2c(-c2c3ccccc3c(OC(=O)OCCCCCCCC)c3ccc(Cl)cc23)c2cc(Cl)ccc12. The van der Waals surface area contributed by atoms with Crippen LogP contribution in [0.1, 0.15) is 90.9 Å². The molecule has 0 radical (unpaired) electrons. The summed E-state index contributed by atoms with van der Waals surface area (Å²) in [6, 6.07) is 26.8. The molecule has 0 atom stereocenters. The zero-order valence-corrected chi connectivity index (χ0v) is 32.7. The number of carbonyl (C=O) groups excluding carboxylic acids is 2. The topological polar surface area (TPSA) is 71.1 Å². The molecule has 0 aliphatic rings. The molecule has 0 aromatic heterocycles. The molecule has 0 amide bonds. The van der Waals surface area contributed by atoms with E-state index in [0.717, 1.165) is 82.0 Å². The number of benzene rings is 6. The molecule has 6 aromatic rings. The minimum Gasteiger partial charge on any atom is -0.434 e. The van der Waals surface area contributed by atoms with E-state index in [0.29, 0.717) is 45.5 Å². The van der Waals surface area contributed by atoms with Gasteiger partial charge < -0.3 is 18.9 Å². The van der Waals surface area contributed by atoms with Crippen LogP contribution in [0.2, 0.25) is 10.0 Å². The Morgan fingerprint density at radius 1 is 0.444 bits per heavy atom. The average molecular weight is 768 g/mol. The van der Waals surface area contributed by atoms with Gasteiger partial charge in [0, 0.05) is 31.6 Å². The molecule has 54 heavy (non-hydrogen) atoms. The third-order valence-electron chi connectivity index (χ3n) is 9.93. The lowest BCUT2D eigenvalue weighted by atomic mass is 9.85. The lowest BCUT2D eigenvalue weighted by molar-refractivity contribution is 0.0972. The minimum atomic E-state index is -0.745. The van der Waals surface area contributed by atoms with Crippen molar-refractivity contribution in [1.82, 2.24) is 0 Å². The fraction of sp³-hybridized carbons (Fsp3) is 0.348. The van der Waals surface area contributed by atoms with Crippen LogP contribution in [0.5, 0.6) is 11.5 Å². The van der Waals surface area contributed by atoms with Crippen molar-refractivity contribution in [3.8, 4) is 22.6 Å². The summed E-state index contributed by atoms with van der Waals surface area (Å²) < 4.78 is 23.2. The van der Waals surface area contributed by atoms with E-state index in [2.05, 4.69) is 13.8 Å². The summed E-state index contributed by atoms with van der Waals surface area (Å²) in [5, 5.41) is 7.13. The molecule has 0 aliphatic heterocycles. The van der Waals surface area contributed by atoms with Crippen LogP contribution in [-0.4, -0.2) is 25.5 Å². The van der Waals surface area contributed by atoms with Crippen molar-refractivity contribution in [3.05, 3.63) is 95.0 Å². The summed E-state index contributed by atoms with van der Waals surface area (Å²) in [5.74, 6) is 0.794. The monoisotopic (exact) mass is 766 g/mol. The van der Waals surface area contributed by atoms with Crippen LogP contribution < -0.4 is 9.47 Å². The molecule has 0 N–H and O–H groups in total. The highest BCUT2D eigenvalue weighted by Gasteiger charge is 2.25. The van der Waals surface area contributed by atoms with E-state index >= 15 is 0 Å². The fourth-order valence-corrected chi connectivity index (χ4v) is 7.63. The number of rotatable bonds is 17. The summed E-state index contributed by atoms with van der Waals surface area (Å²) >= 11 is 13.4. The quantitative estimate of drug-likeness (QED) is 0.0398. The van der Waals surface area contributed by atoms with Crippen LogP contribution in [0, 0.1) is 0 Å². The molecule has 6 nitrogen and oxygen atoms in total. The van der Waals surface area contributed by atoms with Gasteiger partial charge in [-0.3, -0.25) is 0 Å². The van der Waals surface area contributed by atoms with Gasteiger partial charge in [-0.05, 0) is 81.9 Å². The summed E-state index contributed by atoms with van der Waals surface area (Å²) in [6.45, 7) is 4.97. The Morgan fingerprint density at radius 2 is 0.796 bits per heavy atom. The first-order chi connectivity index (χ1) is 26.4. The average Bonchev–Trinajstić information content (AvgIpc) is 3.17. The second-order valence-corrected chi connectivity index (χ2v) is 14.7. The Balaban J connectivity index is 1.43. The van der Waals surface area contributed by atoms with Crippen LogP contribution in [0.25, 0.3) is 54.2 Å². The van der Waals surface area contributed by atoms with E-state index in [1.165, 1.54) is 38.5 Å². The molecule has 6 aromatic carbocycles. The van der Waals surface area contributed by atoms with Crippen LogP contribution in [0.3, 0.4) is 0 Å². The van der Waals surface area contributed by atoms with E-state index in [9.17, 15) is 9.59 Å². The second-order valence-electron chi connectivity index (χ2n) is 13.8. The van der Waals surface area contributed by atoms with Gasteiger partial charge in [-0.15, -0.1) is 0 Å². The van der Waals surface area contributed by atoms with Crippen molar-refractivity contribution in [2.45, 2.75) is 90.9 Å². The molecule has 0 fully saturated rings. The van der Waals surface area contributed by atoms with Gasteiger partial charge in [-0.25, -0.2) is 9.59 Å². The van der Waals surface area contributed by atoms with Crippen molar-refractivity contribution < 1.29 is 28.5 Å². The van der Waals surface area contributed by atoms with E-state index in [1.54, 1.807) is 12.1 Å². The first-order valence-electron chi connectivity index (χ1n) is 19.4.